The van der Waals surface area contributed by atoms with Crippen LogP contribution in [0.25, 0.3) is 0 Å². The topological polar surface area (TPSA) is 29.9 Å². The summed E-state index contributed by atoms with van der Waals surface area (Å²) in [5, 5.41) is 8.29. The van der Waals surface area contributed by atoms with Gasteiger partial charge in [-0.2, -0.15) is 5.10 Å². The van der Waals surface area contributed by atoms with Crippen molar-refractivity contribution in [3.63, 3.8) is 0 Å². The molecule has 1 aromatic rings. The fourth-order valence-corrected chi connectivity index (χ4v) is 5.89. The van der Waals surface area contributed by atoms with Crippen LogP contribution in [0, 0.1) is 31.6 Å². The Balaban J connectivity index is 1.75. The van der Waals surface area contributed by atoms with Gasteiger partial charge in [-0.25, -0.2) is 0 Å². The molecule has 0 atom stereocenters. The van der Waals surface area contributed by atoms with Gasteiger partial charge in [0.15, 0.2) is 0 Å². The molecule has 5 rings (SSSR count). The molecule has 0 saturated heterocycles. The van der Waals surface area contributed by atoms with E-state index in [2.05, 4.69) is 23.8 Å². The van der Waals surface area contributed by atoms with E-state index in [0.29, 0.717) is 5.54 Å². The van der Waals surface area contributed by atoms with Gasteiger partial charge in [-0.1, -0.05) is 0 Å². The van der Waals surface area contributed by atoms with Gasteiger partial charge < -0.3 is 5.32 Å². The molecule has 4 saturated carbocycles. The standard InChI is InChI=1S/C17H27N3/c1-11-16(10-18-3)12(2)20(19-11)17-7-13-4-14(8-17)6-15(5-13)9-17/h13-15,18H,4-10H2,1-3H3. The third-order valence-electron chi connectivity index (χ3n) is 6.25. The van der Waals surface area contributed by atoms with Crippen LogP contribution in [0.2, 0.25) is 0 Å². The molecule has 110 valence electrons. The van der Waals surface area contributed by atoms with Gasteiger partial charge in [-0.15, -0.1) is 0 Å². The number of rotatable bonds is 3. The second kappa shape index (κ2) is 4.33. The summed E-state index contributed by atoms with van der Waals surface area (Å²) in [6, 6.07) is 0. The van der Waals surface area contributed by atoms with Crippen LogP contribution < -0.4 is 5.32 Å². The lowest BCUT2D eigenvalue weighted by Gasteiger charge is -2.57. The highest BCUT2D eigenvalue weighted by atomic mass is 15.3. The van der Waals surface area contributed by atoms with Gasteiger partial charge in [0, 0.05) is 17.8 Å². The first-order valence-electron chi connectivity index (χ1n) is 8.31. The smallest absolute Gasteiger partial charge is 0.0641 e. The highest BCUT2D eigenvalue weighted by molar-refractivity contribution is 5.26. The Labute approximate surface area is 122 Å². The monoisotopic (exact) mass is 273 g/mol. The van der Waals surface area contributed by atoms with E-state index in [9.17, 15) is 0 Å². The molecule has 20 heavy (non-hydrogen) atoms. The van der Waals surface area contributed by atoms with Crippen LogP contribution in [-0.2, 0) is 12.1 Å². The number of hydrogen-bond acceptors (Lipinski definition) is 2. The van der Waals surface area contributed by atoms with Gasteiger partial charge in [0.1, 0.15) is 0 Å². The van der Waals surface area contributed by atoms with Crippen LogP contribution in [0.3, 0.4) is 0 Å². The Bertz CT molecular complexity index is 493. The van der Waals surface area contributed by atoms with Crippen LogP contribution in [0.1, 0.15) is 55.5 Å². The maximum Gasteiger partial charge on any atom is 0.0641 e. The fourth-order valence-electron chi connectivity index (χ4n) is 5.89. The maximum atomic E-state index is 5.00. The molecule has 3 nitrogen and oxygen atoms in total. The molecule has 4 fully saturated rings. The van der Waals surface area contributed by atoms with Crippen LogP contribution in [0.15, 0.2) is 0 Å². The normalized spacial score (nSPS) is 38.6. The van der Waals surface area contributed by atoms with Crippen molar-refractivity contribution in [2.24, 2.45) is 17.8 Å². The van der Waals surface area contributed by atoms with Crippen LogP contribution in [0.4, 0.5) is 0 Å². The number of aryl methyl sites for hydroxylation is 1. The van der Waals surface area contributed by atoms with Gasteiger partial charge >= 0.3 is 0 Å². The predicted molar refractivity (Wildman–Crippen MR) is 80.6 cm³/mol. The van der Waals surface area contributed by atoms with E-state index in [0.717, 1.165) is 24.3 Å². The molecule has 3 heteroatoms. The molecule has 0 aromatic carbocycles. The second-order valence-corrected chi connectivity index (χ2v) is 7.73. The van der Waals surface area contributed by atoms with Crippen LogP contribution in [-0.4, -0.2) is 16.8 Å². The lowest BCUT2D eigenvalue weighted by molar-refractivity contribution is -0.0505. The quantitative estimate of drug-likeness (QED) is 0.917. The second-order valence-electron chi connectivity index (χ2n) is 7.73. The Morgan fingerprint density at radius 3 is 2.15 bits per heavy atom. The Morgan fingerprint density at radius 2 is 1.65 bits per heavy atom. The zero-order valence-electron chi connectivity index (χ0n) is 13.1. The molecule has 4 aliphatic carbocycles. The minimum atomic E-state index is 0.371. The molecule has 4 bridgehead atoms. The third-order valence-corrected chi connectivity index (χ3v) is 6.25. The summed E-state index contributed by atoms with van der Waals surface area (Å²) in [5.74, 6) is 2.95. The third kappa shape index (κ3) is 1.71. The average Bonchev–Trinajstić information content (AvgIpc) is 2.66. The van der Waals surface area contributed by atoms with E-state index in [1.807, 2.05) is 7.05 Å². The molecule has 4 aliphatic rings. The minimum Gasteiger partial charge on any atom is -0.316 e. The Morgan fingerprint density at radius 1 is 1.10 bits per heavy atom. The van der Waals surface area contributed by atoms with Gasteiger partial charge in [0.2, 0.25) is 0 Å². The molecule has 1 aromatic heterocycles. The molecule has 1 N–H and O–H groups in total. The lowest BCUT2D eigenvalue weighted by atomic mass is 9.53. The zero-order chi connectivity index (χ0) is 13.9. The lowest BCUT2D eigenvalue weighted by Crippen LogP contribution is -2.52. The molecular formula is C17H27N3. The summed E-state index contributed by atoms with van der Waals surface area (Å²) >= 11 is 0. The van der Waals surface area contributed by atoms with Crippen molar-refractivity contribution in [3.05, 3.63) is 17.0 Å². The van der Waals surface area contributed by atoms with Crippen LogP contribution in [0.5, 0.6) is 0 Å². The van der Waals surface area contributed by atoms with Gasteiger partial charge in [0.25, 0.3) is 0 Å². The number of hydrogen-bond donors (Lipinski definition) is 1. The van der Waals surface area contributed by atoms with Crippen molar-refractivity contribution in [3.8, 4) is 0 Å². The van der Waals surface area contributed by atoms with Crippen LogP contribution >= 0.6 is 0 Å². The Kier molecular flexibility index (Phi) is 2.79. The predicted octanol–water partition coefficient (Wildman–Crippen LogP) is 3.14. The van der Waals surface area contributed by atoms with Crippen molar-refractivity contribution in [1.82, 2.24) is 15.1 Å². The summed E-state index contributed by atoms with van der Waals surface area (Å²) < 4.78 is 2.46. The largest absolute Gasteiger partial charge is 0.316 e. The fraction of sp³-hybridized carbons (Fsp3) is 0.824. The van der Waals surface area contributed by atoms with E-state index in [1.165, 1.54) is 55.5 Å². The minimum absolute atomic E-state index is 0.371. The molecule has 0 aliphatic heterocycles. The number of nitrogens with one attached hydrogen (secondary N) is 1. The molecule has 0 radical (unpaired) electrons. The van der Waals surface area contributed by atoms with E-state index in [4.69, 9.17) is 5.10 Å². The van der Waals surface area contributed by atoms with Gasteiger partial charge in [0.05, 0.1) is 11.2 Å². The summed E-state index contributed by atoms with van der Waals surface area (Å²) in [6.45, 7) is 5.41. The molecule has 1 heterocycles. The molecular weight excluding hydrogens is 246 g/mol. The summed E-state index contributed by atoms with van der Waals surface area (Å²) in [4.78, 5) is 0. The summed E-state index contributed by atoms with van der Waals surface area (Å²) in [6.07, 6.45) is 8.67. The SMILES string of the molecule is CNCc1c(C)nn(C23CC4CC(CC(C4)C2)C3)c1C. The Hall–Kier alpha value is -0.830. The summed E-state index contributed by atoms with van der Waals surface area (Å²) in [7, 11) is 2.03. The van der Waals surface area contributed by atoms with Crippen molar-refractivity contribution in [1.29, 1.82) is 0 Å². The van der Waals surface area contributed by atoms with E-state index in [-0.39, 0.29) is 0 Å². The average molecular weight is 273 g/mol. The van der Waals surface area contributed by atoms with E-state index < -0.39 is 0 Å². The maximum absolute atomic E-state index is 5.00. The molecule has 0 amide bonds. The first kappa shape index (κ1) is 12.9. The van der Waals surface area contributed by atoms with Crippen molar-refractivity contribution < 1.29 is 0 Å². The first-order valence-corrected chi connectivity index (χ1v) is 8.31. The van der Waals surface area contributed by atoms with Crippen molar-refractivity contribution >= 4 is 0 Å². The van der Waals surface area contributed by atoms with E-state index >= 15 is 0 Å². The van der Waals surface area contributed by atoms with Crippen molar-refractivity contribution in [2.75, 3.05) is 7.05 Å². The van der Waals surface area contributed by atoms with Gasteiger partial charge in [-0.05, 0) is 77.2 Å². The van der Waals surface area contributed by atoms with E-state index in [1.54, 1.807) is 0 Å². The van der Waals surface area contributed by atoms with Gasteiger partial charge in [-0.3, -0.25) is 4.68 Å². The number of nitrogens with zero attached hydrogens (tertiary/aromatic N) is 2. The molecule has 0 spiro atoms. The zero-order valence-corrected chi connectivity index (χ0v) is 13.1. The highest BCUT2D eigenvalue weighted by Gasteiger charge is 2.52. The molecule has 0 unspecified atom stereocenters. The number of aromatic nitrogens is 2. The summed E-state index contributed by atoms with van der Waals surface area (Å²) in [5.41, 5.74) is 4.44. The highest BCUT2D eigenvalue weighted by Crippen LogP contribution is 2.59. The van der Waals surface area contributed by atoms with Crippen molar-refractivity contribution in [2.45, 2.75) is 64.5 Å². The first-order chi connectivity index (χ1) is 9.61.